The summed E-state index contributed by atoms with van der Waals surface area (Å²) in [5.74, 6) is 0.331. The lowest BCUT2D eigenvalue weighted by molar-refractivity contribution is -0.0870. The van der Waals surface area contributed by atoms with Crippen LogP contribution in [0.4, 0.5) is 0 Å². The highest BCUT2D eigenvalue weighted by atomic mass is 16.3. The number of phenolic OH excluding ortho intramolecular Hbond substituents is 1. The third-order valence-electron chi connectivity index (χ3n) is 5.25. The van der Waals surface area contributed by atoms with Crippen LogP contribution in [0.15, 0.2) is 18.2 Å². The fourth-order valence-electron chi connectivity index (χ4n) is 4.37. The molecule has 2 N–H and O–H groups in total. The quantitative estimate of drug-likeness (QED) is 0.890. The molecule has 2 aliphatic carbocycles. The van der Waals surface area contributed by atoms with Crippen molar-refractivity contribution in [3.8, 4) is 5.75 Å². The fourth-order valence-corrected chi connectivity index (χ4v) is 4.37. The standard InChI is InChI=1S/C17H25NO2/c1-18(2)12-16(17(20)8-4-3-5-9-17)11-13-10-14(19)6-7-15(13)16/h6-7,10,19-20H,3-5,8-9,11-12H2,1-2H3. The molecule has 1 fully saturated rings. The number of hydrogen-bond acceptors (Lipinski definition) is 3. The first-order chi connectivity index (χ1) is 9.47. The predicted octanol–water partition coefficient (Wildman–Crippen LogP) is 2.44. The monoisotopic (exact) mass is 275 g/mol. The molecule has 0 spiro atoms. The van der Waals surface area contributed by atoms with Crippen LogP contribution in [0.25, 0.3) is 0 Å². The number of fused-ring (bicyclic) bond motifs is 1. The molecule has 3 heteroatoms. The molecule has 0 saturated heterocycles. The summed E-state index contributed by atoms with van der Waals surface area (Å²) in [6.45, 7) is 0.876. The van der Waals surface area contributed by atoms with Gasteiger partial charge in [0.1, 0.15) is 5.75 Å². The molecule has 110 valence electrons. The van der Waals surface area contributed by atoms with Gasteiger partial charge in [-0.1, -0.05) is 25.3 Å². The molecular formula is C17H25NO2. The maximum Gasteiger partial charge on any atom is 0.115 e. The van der Waals surface area contributed by atoms with Crippen LogP contribution in [-0.4, -0.2) is 41.4 Å². The van der Waals surface area contributed by atoms with Gasteiger partial charge in [0.2, 0.25) is 0 Å². The first-order valence-electron chi connectivity index (χ1n) is 7.66. The lowest BCUT2D eigenvalue weighted by atomic mass is 9.52. The van der Waals surface area contributed by atoms with E-state index in [0.717, 1.165) is 38.6 Å². The van der Waals surface area contributed by atoms with E-state index >= 15 is 0 Å². The van der Waals surface area contributed by atoms with Crippen LogP contribution >= 0.6 is 0 Å². The Labute approximate surface area is 121 Å². The van der Waals surface area contributed by atoms with E-state index in [9.17, 15) is 10.2 Å². The van der Waals surface area contributed by atoms with E-state index in [-0.39, 0.29) is 5.41 Å². The molecule has 0 amide bonds. The maximum absolute atomic E-state index is 11.3. The predicted molar refractivity (Wildman–Crippen MR) is 80.1 cm³/mol. The van der Waals surface area contributed by atoms with Crippen LogP contribution in [0, 0.1) is 0 Å². The van der Waals surface area contributed by atoms with Gasteiger partial charge in [-0.05, 0) is 56.6 Å². The molecule has 0 aliphatic heterocycles. The second kappa shape index (κ2) is 4.74. The van der Waals surface area contributed by atoms with E-state index in [1.165, 1.54) is 17.5 Å². The van der Waals surface area contributed by atoms with Crippen molar-refractivity contribution in [3.63, 3.8) is 0 Å². The van der Waals surface area contributed by atoms with Gasteiger partial charge in [-0.15, -0.1) is 0 Å². The molecule has 1 atom stereocenters. The average Bonchev–Trinajstić information content (AvgIpc) is 2.36. The molecule has 2 aliphatic rings. The third kappa shape index (κ3) is 1.95. The number of aliphatic hydroxyl groups is 1. The van der Waals surface area contributed by atoms with E-state index in [1.54, 1.807) is 6.07 Å². The van der Waals surface area contributed by atoms with Crippen LogP contribution in [0.2, 0.25) is 0 Å². The van der Waals surface area contributed by atoms with Gasteiger partial charge in [0.05, 0.1) is 5.60 Å². The van der Waals surface area contributed by atoms with E-state index < -0.39 is 5.60 Å². The van der Waals surface area contributed by atoms with Crippen molar-refractivity contribution in [3.05, 3.63) is 29.3 Å². The summed E-state index contributed by atoms with van der Waals surface area (Å²) >= 11 is 0. The Morgan fingerprint density at radius 2 is 1.85 bits per heavy atom. The highest BCUT2D eigenvalue weighted by Crippen LogP contribution is 2.54. The second-order valence-corrected chi connectivity index (χ2v) is 6.93. The van der Waals surface area contributed by atoms with Gasteiger partial charge >= 0.3 is 0 Å². The van der Waals surface area contributed by atoms with E-state index in [0.29, 0.717) is 5.75 Å². The molecule has 0 aromatic heterocycles. The normalized spacial score (nSPS) is 28.0. The number of nitrogens with zero attached hydrogens (tertiary/aromatic N) is 1. The van der Waals surface area contributed by atoms with E-state index in [2.05, 4.69) is 19.0 Å². The van der Waals surface area contributed by atoms with Crippen molar-refractivity contribution in [2.24, 2.45) is 0 Å². The zero-order valence-corrected chi connectivity index (χ0v) is 12.5. The van der Waals surface area contributed by atoms with E-state index in [1.807, 2.05) is 12.1 Å². The Kier molecular flexibility index (Phi) is 3.30. The van der Waals surface area contributed by atoms with Crippen LogP contribution in [0.3, 0.4) is 0 Å². The molecular weight excluding hydrogens is 250 g/mol. The highest BCUT2D eigenvalue weighted by molar-refractivity contribution is 5.51. The van der Waals surface area contributed by atoms with Gasteiger partial charge < -0.3 is 15.1 Å². The van der Waals surface area contributed by atoms with Crippen molar-refractivity contribution >= 4 is 0 Å². The zero-order valence-electron chi connectivity index (χ0n) is 12.5. The van der Waals surface area contributed by atoms with Crippen LogP contribution in [0.5, 0.6) is 5.75 Å². The Balaban J connectivity index is 2.01. The maximum atomic E-state index is 11.3. The van der Waals surface area contributed by atoms with Gasteiger partial charge in [0.25, 0.3) is 0 Å². The van der Waals surface area contributed by atoms with Gasteiger partial charge in [-0.3, -0.25) is 0 Å². The minimum atomic E-state index is -0.584. The van der Waals surface area contributed by atoms with Gasteiger partial charge in [-0.2, -0.15) is 0 Å². The van der Waals surface area contributed by atoms with Crippen molar-refractivity contribution < 1.29 is 10.2 Å². The number of phenols is 1. The molecule has 1 aromatic carbocycles. The summed E-state index contributed by atoms with van der Waals surface area (Å²) in [5, 5.41) is 20.9. The Morgan fingerprint density at radius 1 is 1.15 bits per heavy atom. The van der Waals surface area contributed by atoms with E-state index in [4.69, 9.17) is 0 Å². The lowest BCUT2D eigenvalue weighted by Gasteiger charge is -2.57. The number of aromatic hydroxyl groups is 1. The molecule has 1 saturated carbocycles. The van der Waals surface area contributed by atoms with Gasteiger partial charge in [-0.25, -0.2) is 0 Å². The van der Waals surface area contributed by atoms with Gasteiger partial charge in [0, 0.05) is 12.0 Å². The summed E-state index contributed by atoms with van der Waals surface area (Å²) in [5.41, 5.74) is 1.71. The first kappa shape index (κ1) is 13.9. The topological polar surface area (TPSA) is 43.7 Å². The van der Waals surface area contributed by atoms with Crippen molar-refractivity contribution in [2.75, 3.05) is 20.6 Å². The summed E-state index contributed by atoms with van der Waals surface area (Å²) in [7, 11) is 4.15. The molecule has 3 rings (SSSR count). The van der Waals surface area contributed by atoms with Crippen LogP contribution in [0.1, 0.15) is 43.2 Å². The Bertz CT molecular complexity index is 506. The molecule has 0 radical (unpaired) electrons. The SMILES string of the molecule is CN(C)CC1(C2(O)CCCCC2)Cc2cc(O)ccc21. The van der Waals surface area contributed by atoms with Crippen molar-refractivity contribution in [2.45, 2.75) is 49.5 Å². The Hall–Kier alpha value is -1.06. The number of likely N-dealkylation sites (N-methyl/N-ethyl adjacent to an activating group) is 1. The van der Waals surface area contributed by atoms with Crippen LogP contribution in [-0.2, 0) is 11.8 Å². The summed E-state index contributed by atoms with van der Waals surface area (Å²) in [4.78, 5) is 2.18. The number of hydrogen-bond donors (Lipinski definition) is 2. The lowest BCUT2D eigenvalue weighted by Crippen LogP contribution is -2.63. The fraction of sp³-hybridized carbons (Fsp3) is 0.647. The summed E-state index contributed by atoms with van der Waals surface area (Å²) in [6, 6.07) is 5.63. The summed E-state index contributed by atoms with van der Waals surface area (Å²) in [6.07, 6.45) is 6.18. The second-order valence-electron chi connectivity index (χ2n) is 6.93. The van der Waals surface area contributed by atoms with Gasteiger partial charge in [0.15, 0.2) is 0 Å². The van der Waals surface area contributed by atoms with Crippen molar-refractivity contribution in [1.82, 2.24) is 4.90 Å². The molecule has 0 heterocycles. The molecule has 20 heavy (non-hydrogen) atoms. The minimum absolute atomic E-state index is 0.153. The molecule has 3 nitrogen and oxygen atoms in total. The summed E-state index contributed by atoms with van der Waals surface area (Å²) < 4.78 is 0. The molecule has 0 bridgehead atoms. The van der Waals surface area contributed by atoms with Crippen molar-refractivity contribution in [1.29, 1.82) is 0 Å². The Morgan fingerprint density at radius 3 is 2.45 bits per heavy atom. The largest absolute Gasteiger partial charge is 0.508 e. The highest BCUT2D eigenvalue weighted by Gasteiger charge is 2.57. The third-order valence-corrected chi connectivity index (χ3v) is 5.25. The molecule has 1 unspecified atom stereocenters. The average molecular weight is 275 g/mol. The number of rotatable bonds is 3. The minimum Gasteiger partial charge on any atom is -0.508 e. The number of benzene rings is 1. The smallest absolute Gasteiger partial charge is 0.115 e. The zero-order chi connectivity index (χ0) is 14.4. The molecule has 1 aromatic rings. The van der Waals surface area contributed by atoms with Crippen LogP contribution < -0.4 is 0 Å². The first-order valence-corrected chi connectivity index (χ1v) is 7.66.